The van der Waals surface area contributed by atoms with Crippen LogP contribution in [0.3, 0.4) is 0 Å². The number of para-hydroxylation sites is 1. The molecule has 11 aromatic rings. The van der Waals surface area contributed by atoms with Crippen molar-refractivity contribution in [2.75, 3.05) is 0 Å². The Hall–Kier alpha value is -7.63. The van der Waals surface area contributed by atoms with Crippen molar-refractivity contribution in [1.82, 2.24) is 19.5 Å². The van der Waals surface area contributed by atoms with Crippen molar-refractivity contribution in [2.45, 2.75) is 0 Å². The molecular formula is C51H32N4O. The van der Waals surface area contributed by atoms with E-state index in [1.54, 1.807) is 0 Å². The lowest BCUT2D eigenvalue weighted by Crippen LogP contribution is -2.06. The molecule has 262 valence electrons. The van der Waals surface area contributed by atoms with Crippen LogP contribution >= 0.6 is 0 Å². The standard InChI is InChI=1S/C51H32N4O/c1-4-15-33(16-5-1)36-29-30-41-44(32-36)55(43-26-13-24-39(47(41)43)34-17-6-2-7-18-34)51-53-49(35-19-8-3-9-20-35)52-50(54-51)38-22-12-21-37(31-38)40-25-14-28-46-48(40)42-23-10-11-27-45(42)56-46/h1-32H. The van der Waals surface area contributed by atoms with E-state index in [1.165, 1.54) is 0 Å². The second-order valence-electron chi connectivity index (χ2n) is 14.0. The van der Waals surface area contributed by atoms with E-state index >= 15 is 0 Å². The molecule has 0 amide bonds. The molecule has 0 bridgehead atoms. The van der Waals surface area contributed by atoms with Crippen LogP contribution in [0.1, 0.15) is 0 Å². The molecule has 5 heteroatoms. The van der Waals surface area contributed by atoms with Crippen molar-refractivity contribution in [3.63, 3.8) is 0 Å². The highest BCUT2D eigenvalue weighted by molar-refractivity contribution is 6.16. The van der Waals surface area contributed by atoms with Crippen molar-refractivity contribution < 1.29 is 4.42 Å². The lowest BCUT2D eigenvalue weighted by Gasteiger charge is -2.12. The van der Waals surface area contributed by atoms with E-state index in [2.05, 4.69) is 162 Å². The fraction of sp³-hybridized carbons (Fsp3) is 0. The zero-order chi connectivity index (χ0) is 37.0. The number of furan rings is 1. The Morgan fingerprint density at radius 1 is 0.339 bits per heavy atom. The third kappa shape index (κ3) is 5.29. The molecule has 56 heavy (non-hydrogen) atoms. The predicted molar refractivity (Wildman–Crippen MR) is 229 cm³/mol. The first-order valence-electron chi connectivity index (χ1n) is 18.8. The van der Waals surface area contributed by atoms with Crippen LogP contribution in [0, 0.1) is 0 Å². The topological polar surface area (TPSA) is 56.7 Å². The van der Waals surface area contributed by atoms with Gasteiger partial charge in [0, 0.05) is 32.7 Å². The Balaban J connectivity index is 1.17. The average Bonchev–Trinajstić information content (AvgIpc) is 3.83. The lowest BCUT2D eigenvalue weighted by atomic mass is 9.98. The third-order valence-corrected chi connectivity index (χ3v) is 10.7. The van der Waals surface area contributed by atoms with E-state index in [-0.39, 0.29) is 0 Å². The van der Waals surface area contributed by atoms with Crippen LogP contribution < -0.4 is 0 Å². The molecule has 0 spiro atoms. The molecule has 0 unspecified atom stereocenters. The van der Waals surface area contributed by atoms with Gasteiger partial charge in [-0.05, 0) is 63.7 Å². The summed E-state index contributed by atoms with van der Waals surface area (Å²) in [5.74, 6) is 1.75. The predicted octanol–water partition coefficient (Wildman–Crippen LogP) is 13.2. The van der Waals surface area contributed by atoms with Crippen molar-refractivity contribution in [1.29, 1.82) is 0 Å². The van der Waals surface area contributed by atoms with Gasteiger partial charge in [0.15, 0.2) is 11.6 Å². The van der Waals surface area contributed by atoms with Crippen molar-refractivity contribution in [3.05, 3.63) is 194 Å². The van der Waals surface area contributed by atoms with Gasteiger partial charge in [-0.15, -0.1) is 0 Å². The number of hydrogen-bond acceptors (Lipinski definition) is 4. The van der Waals surface area contributed by atoms with Crippen molar-refractivity contribution >= 4 is 43.7 Å². The van der Waals surface area contributed by atoms with Crippen molar-refractivity contribution in [2.24, 2.45) is 0 Å². The van der Waals surface area contributed by atoms with Gasteiger partial charge in [-0.1, -0.05) is 164 Å². The largest absolute Gasteiger partial charge is 0.456 e. The number of benzene rings is 8. The molecule has 0 atom stereocenters. The summed E-state index contributed by atoms with van der Waals surface area (Å²) in [6.07, 6.45) is 0. The maximum absolute atomic E-state index is 6.26. The summed E-state index contributed by atoms with van der Waals surface area (Å²) in [5.41, 5.74) is 12.3. The monoisotopic (exact) mass is 716 g/mol. The smallest absolute Gasteiger partial charge is 0.238 e. The van der Waals surface area contributed by atoms with Gasteiger partial charge < -0.3 is 4.42 Å². The summed E-state index contributed by atoms with van der Waals surface area (Å²) < 4.78 is 8.47. The summed E-state index contributed by atoms with van der Waals surface area (Å²) >= 11 is 0. The van der Waals surface area contributed by atoms with E-state index < -0.39 is 0 Å². The maximum atomic E-state index is 6.26. The molecule has 0 aliphatic heterocycles. The van der Waals surface area contributed by atoms with Gasteiger partial charge in [0.1, 0.15) is 11.2 Å². The second-order valence-corrected chi connectivity index (χ2v) is 14.0. The average molecular weight is 717 g/mol. The molecule has 0 aliphatic rings. The molecule has 0 saturated carbocycles. The fourth-order valence-electron chi connectivity index (χ4n) is 8.10. The zero-order valence-electron chi connectivity index (χ0n) is 30.2. The molecule has 0 saturated heterocycles. The molecule has 0 radical (unpaired) electrons. The third-order valence-electron chi connectivity index (χ3n) is 10.7. The highest BCUT2D eigenvalue weighted by Gasteiger charge is 2.21. The van der Waals surface area contributed by atoms with E-state index in [9.17, 15) is 0 Å². The van der Waals surface area contributed by atoms with Gasteiger partial charge >= 0.3 is 0 Å². The normalized spacial score (nSPS) is 11.6. The summed E-state index contributed by atoms with van der Waals surface area (Å²) in [7, 11) is 0. The molecule has 5 nitrogen and oxygen atoms in total. The van der Waals surface area contributed by atoms with E-state index in [1.807, 2.05) is 36.4 Å². The molecule has 3 heterocycles. The zero-order valence-corrected chi connectivity index (χ0v) is 30.2. The van der Waals surface area contributed by atoms with Crippen molar-refractivity contribution in [3.8, 4) is 62.1 Å². The molecule has 0 N–H and O–H groups in total. The molecule has 11 rings (SSSR count). The van der Waals surface area contributed by atoms with Gasteiger partial charge in [0.25, 0.3) is 0 Å². The molecule has 3 aromatic heterocycles. The SMILES string of the molecule is c1ccc(-c2ccc3c4c(-c5ccccc5)cccc4n(-c4nc(-c5ccccc5)nc(-c5cccc(-c6cccc7oc8ccccc8c67)c5)n4)c3c2)cc1. The minimum atomic E-state index is 0.553. The molecule has 0 fully saturated rings. The highest BCUT2D eigenvalue weighted by Crippen LogP contribution is 2.41. The Labute approximate surface area is 322 Å². The lowest BCUT2D eigenvalue weighted by molar-refractivity contribution is 0.669. The Morgan fingerprint density at radius 3 is 1.71 bits per heavy atom. The van der Waals surface area contributed by atoms with E-state index in [0.717, 1.165) is 88.3 Å². The Kier molecular flexibility index (Phi) is 7.42. The second kappa shape index (κ2) is 13.0. The number of fused-ring (bicyclic) bond motifs is 6. The van der Waals surface area contributed by atoms with E-state index in [0.29, 0.717) is 17.6 Å². The molecular weight excluding hydrogens is 685 g/mol. The van der Waals surface area contributed by atoms with Crippen LogP contribution in [0.15, 0.2) is 199 Å². The van der Waals surface area contributed by atoms with Crippen LogP contribution in [0.5, 0.6) is 0 Å². The summed E-state index contributed by atoms with van der Waals surface area (Å²) in [4.78, 5) is 15.7. The first-order chi connectivity index (χ1) is 27.8. The Bertz CT molecular complexity index is 3240. The van der Waals surface area contributed by atoms with Gasteiger partial charge in [-0.2, -0.15) is 9.97 Å². The van der Waals surface area contributed by atoms with Gasteiger partial charge in [0.2, 0.25) is 5.95 Å². The summed E-state index contributed by atoms with van der Waals surface area (Å²) in [6.45, 7) is 0. The highest BCUT2D eigenvalue weighted by atomic mass is 16.3. The summed E-state index contributed by atoms with van der Waals surface area (Å²) in [6, 6.07) is 67.4. The number of hydrogen-bond donors (Lipinski definition) is 0. The minimum absolute atomic E-state index is 0.553. The number of aromatic nitrogens is 4. The van der Waals surface area contributed by atoms with Crippen LogP contribution in [-0.4, -0.2) is 19.5 Å². The Morgan fingerprint density at radius 2 is 0.929 bits per heavy atom. The fourth-order valence-corrected chi connectivity index (χ4v) is 8.10. The van der Waals surface area contributed by atoms with Gasteiger partial charge in [-0.3, -0.25) is 4.57 Å². The maximum Gasteiger partial charge on any atom is 0.238 e. The van der Waals surface area contributed by atoms with Crippen LogP contribution in [0.2, 0.25) is 0 Å². The van der Waals surface area contributed by atoms with Crippen LogP contribution in [0.4, 0.5) is 0 Å². The van der Waals surface area contributed by atoms with Gasteiger partial charge in [-0.25, -0.2) is 4.98 Å². The molecule has 0 aliphatic carbocycles. The quantitative estimate of drug-likeness (QED) is 0.172. The van der Waals surface area contributed by atoms with Crippen LogP contribution in [0.25, 0.3) is 106 Å². The first-order valence-corrected chi connectivity index (χ1v) is 18.8. The van der Waals surface area contributed by atoms with E-state index in [4.69, 9.17) is 19.4 Å². The molecule has 8 aromatic carbocycles. The first kappa shape index (κ1) is 31.9. The number of rotatable bonds is 6. The number of nitrogens with zero attached hydrogens (tertiary/aromatic N) is 4. The van der Waals surface area contributed by atoms with Crippen LogP contribution in [-0.2, 0) is 0 Å². The minimum Gasteiger partial charge on any atom is -0.456 e. The van der Waals surface area contributed by atoms with Gasteiger partial charge in [0.05, 0.1) is 11.0 Å². The summed E-state index contributed by atoms with van der Waals surface area (Å²) in [5, 5.41) is 4.47.